The van der Waals surface area contributed by atoms with Crippen molar-refractivity contribution in [1.29, 1.82) is 0 Å². The fourth-order valence-corrected chi connectivity index (χ4v) is 3.88. The Bertz CT molecular complexity index is 859. The molecule has 3 heterocycles. The molecule has 1 aliphatic rings. The van der Waals surface area contributed by atoms with Gasteiger partial charge in [-0.2, -0.15) is 14.6 Å². The molecule has 4 rings (SSSR count). The monoisotopic (exact) mass is 350 g/mol. The van der Waals surface area contributed by atoms with Crippen LogP contribution in [0.25, 0.3) is 5.78 Å². The molecule has 1 aromatic carbocycles. The minimum absolute atomic E-state index is 0.672. The van der Waals surface area contributed by atoms with Crippen LogP contribution in [0.5, 0.6) is 0 Å². The van der Waals surface area contributed by atoms with Gasteiger partial charge in [0.25, 0.3) is 5.78 Å². The van der Waals surface area contributed by atoms with Crippen LogP contribution in [-0.4, -0.2) is 50.7 Å². The Labute approximate surface area is 154 Å². The van der Waals surface area contributed by atoms with E-state index in [9.17, 15) is 0 Å². The van der Waals surface area contributed by atoms with Crippen molar-refractivity contribution in [3.63, 3.8) is 0 Å². The maximum absolute atomic E-state index is 4.46. The summed E-state index contributed by atoms with van der Waals surface area (Å²) in [6.07, 6.45) is 2.82. The van der Waals surface area contributed by atoms with E-state index in [2.05, 4.69) is 68.2 Å². The first-order valence-electron chi connectivity index (χ1n) is 9.41. The molecule has 6 nitrogen and oxygen atoms in total. The lowest BCUT2D eigenvalue weighted by Crippen LogP contribution is -2.32. The molecule has 1 atom stereocenters. The van der Waals surface area contributed by atoms with Gasteiger partial charge in [-0.15, -0.1) is 0 Å². The van der Waals surface area contributed by atoms with E-state index < -0.39 is 0 Å². The molecule has 26 heavy (non-hydrogen) atoms. The molecule has 0 N–H and O–H groups in total. The molecule has 136 valence electrons. The van der Waals surface area contributed by atoms with Crippen molar-refractivity contribution in [1.82, 2.24) is 24.5 Å². The van der Waals surface area contributed by atoms with Crippen molar-refractivity contribution in [2.45, 2.75) is 26.8 Å². The van der Waals surface area contributed by atoms with Gasteiger partial charge in [0, 0.05) is 37.9 Å². The molecule has 3 aromatic rings. The maximum atomic E-state index is 4.46. The molecule has 1 saturated heterocycles. The van der Waals surface area contributed by atoms with Crippen molar-refractivity contribution < 1.29 is 0 Å². The van der Waals surface area contributed by atoms with Crippen molar-refractivity contribution in [3.8, 4) is 0 Å². The van der Waals surface area contributed by atoms with Crippen LogP contribution >= 0.6 is 0 Å². The SMILES string of the molecule is CCN(CC1CCN(Cc2ccccc2)C1)c1cc(C)nc2ncnn12. The number of likely N-dealkylation sites (tertiary alicyclic amines) is 1. The molecule has 1 unspecified atom stereocenters. The summed E-state index contributed by atoms with van der Waals surface area (Å²) >= 11 is 0. The van der Waals surface area contributed by atoms with E-state index in [1.807, 2.05) is 11.4 Å². The van der Waals surface area contributed by atoms with Gasteiger partial charge < -0.3 is 4.90 Å². The minimum atomic E-state index is 0.672. The summed E-state index contributed by atoms with van der Waals surface area (Å²) in [5.74, 6) is 2.44. The standard InChI is InChI=1S/C20H26N6/c1-3-25(19-11-16(2)23-20-21-15-22-26(19)20)14-18-9-10-24(13-18)12-17-7-5-4-6-8-17/h4-8,11,15,18H,3,9-10,12-14H2,1-2H3. The van der Waals surface area contributed by atoms with E-state index in [-0.39, 0.29) is 0 Å². The lowest BCUT2D eigenvalue weighted by atomic mass is 10.1. The van der Waals surface area contributed by atoms with Gasteiger partial charge in [0.2, 0.25) is 0 Å². The number of fused-ring (bicyclic) bond motifs is 1. The fourth-order valence-electron chi connectivity index (χ4n) is 3.88. The molecule has 0 aliphatic carbocycles. The van der Waals surface area contributed by atoms with Gasteiger partial charge in [-0.3, -0.25) is 4.90 Å². The Balaban J connectivity index is 1.45. The van der Waals surface area contributed by atoms with Gasteiger partial charge in [0.1, 0.15) is 12.1 Å². The van der Waals surface area contributed by atoms with Crippen molar-refractivity contribution in [2.24, 2.45) is 5.92 Å². The fraction of sp³-hybridized carbons (Fsp3) is 0.450. The number of nitrogens with zero attached hydrogens (tertiary/aromatic N) is 6. The highest BCUT2D eigenvalue weighted by Gasteiger charge is 2.25. The topological polar surface area (TPSA) is 49.6 Å². The van der Waals surface area contributed by atoms with Crippen LogP contribution in [0.15, 0.2) is 42.7 Å². The van der Waals surface area contributed by atoms with Crippen LogP contribution in [0, 0.1) is 12.8 Å². The van der Waals surface area contributed by atoms with Crippen LogP contribution < -0.4 is 4.90 Å². The molecule has 6 heteroatoms. The van der Waals surface area contributed by atoms with E-state index in [1.165, 1.54) is 18.5 Å². The third kappa shape index (κ3) is 3.55. The Hall–Kier alpha value is -2.47. The first-order chi connectivity index (χ1) is 12.7. The largest absolute Gasteiger partial charge is 0.356 e. The minimum Gasteiger partial charge on any atom is -0.356 e. The second-order valence-corrected chi connectivity index (χ2v) is 7.14. The van der Waals surface area contributed by atoms with Gasteiger partial charge >= 0.3 is 0 Å². The molecule has 1 aliphatic heterocycles. The van der Waals surface area contributed by atoms with Crippen LogP contribution in [0.3, 0.4) is 0 Å². The summed E-state index contributed by atoms with van der Waals surface area (Å²) in [6.45, 7) is 9.58. The zero-order chi connectivity index (χ0) is 17.9. The van der Waals surface area contributed by atoms with Crippen molar-refractivity contribution in [2.75, 3.05) is 31.1 Å². The molecular weight excluding hydrogens is 324 g/mol. The average molecular weight is 350 g/mol. The Kier molecular flexibility index (Phi) is 4.84. The quantitative estimate of drug-likeness (QED) is 0.684. The Morgan fingerprint density at radius 1 is 1.23 bits per heavy atom. The number of hydrogen-bond donors (Lipinski definition) is 0. The van der Waals surface area contributed by atoms with E-state index in [4.69, 9.17) is 0 Å². The highest BCUT2D eigenvalue weighted by atomic mass is 15.4. The van der Waals surface area contributed by atoms with Crippen LogP contribution in [-0.2, 0) is 6.54 Å². The summed E-state index contributed by atoms with van der Waals surface area (Å²) in [6, 6.07) is 12.9. The molecule has 0 radical (unpaired) electrons. The number of aryl methyl sites for hydroxylation is 1. The van der Waals surface area contributed by atoms with Crippen LogP contribution in [0.4, 0.5) is 5.82 Å². The molecule has 0 spiro atoms. The first kappa shape index (κ1) is 17.0. The van der Waals surface area contributed by atoms with Crippen LogP contribution in [0.2, 0.25) is 0 Å². The summed E-state index contributed by atoms with van der Waals surface area (Å²) in [5.41, 5.74) is 2.38. The van der Waals surface area contributed by atoms with E-state index in [0.29, 0.717) is 11.7 Å². The zero-order valence-electron chi connectivity index (χ0n) is 15.5. The lowest BCUT2D eigenvalue weighted by molar-refractivity contribution is 0.317. The zero-order valence-corrected chi connectivity index (χ0v) is 15.5. The van der Waals surface area contributed by atoms with Crippen LogP contribution in [0.1, 0.15) is 24.6 Å². The third-order valence-corrected chi connectivity index (χ3v) is 5.16. The smallest absolute Gasteiger partial charge is 0.254 e. The van der Waals surface area contributed by atoms with Gasteiger partial charge in [-0.25, -0.2) is 4.98 Å². The van der Waals surface area contributed by atoms with E-state index >= 15 is 0 Å². The number of hydrogen-bond acceptors (Lipinski definition) is 5. The van der Waals surface area contributed by atoms with Gasteiger partial charge in [0.15, 0.2) is 0 Å². The van der Waals surface area contributed by atoms with Gasteiger partial charge in [0.05, 0.1) is 0 Å². The number of anilines is 1. The Morgan fingerprint density at radius 3 is 2.88 bits per heavy atom. The first-order valence-corrected chi connectivity index (χ1v) is 9.41. The summed E-state index contributed by atoms with van der Waals surface area (Å²) in [5, 5.41) is 4.36. The predicted octanol–water partition coefficient (Wildman–Crippen LogP) is 2.78. The average Bonchev–Trinajstić information content (AvgIpc) is 3.29. The van der Waals surface area contributed by atoms with Gasteiger partial charge in [-0.05, 0) is 38.3 Å². The van der Waals surface area contributed by atoms with E-state index in [0.717, 1.165) is 37.7 Å². The molecule has 0 saturated carbocycles. The molecule has 0 bridgehead atoms. The summed E-state index contributed by atoms with van der Waals surface area (Å²) in [4.78, 5) is 13.7. The highest BCUT2D eigenvalue weighted by Crippen LogP contribution is 2.23. The Morgan fingerprint density at radius 2 is 2.08 bits per heavy atom. The second kappa shape index (κ2) is 7.41. The third-order valence-electron chi connectivity index (χ3n) is 5.16. The molecule has 2 aromatic heterocycles. The van der Waals surface area contributed by atoms with Crippen molar-refractivity contribution >= 4 is 11.6 Å². The van der Waals surface area contributed by atoms with Crippen molar-refractivity contribution in [3.05, 3.63) is 54.0 Å². The highest BCUT2D eigenvalue weighted by molar-refractivity contribution is 5.47. The summed E-state index contributed by atoms with van der Waals surface area (Å²) in [7, 11) is 0. The number of aromatic nitrogens is 4. The molecular formula is C20H26N6. The van der Waals surface area contributed by atoms with E-state index in [1.54, 1.807) is 6.33 Å². The van der Waals surface area contributed by atoms with Gasteiger partial charge in [-0.1, -0.05) is 30.3 Å². The molecule has 1 fully saturated rings. The maximum Gasteiger partial charge on any atom is 0.254 e. The normalized spacial score (nSPS) is 17.8. The lowest BCUT2D eigenvalue weighted by Gasteiger charge is -2.27. The number of benzene rings is 1. The number of rotatable bonds is 6. The molecule has 0 amide bonds. The second-order valence-electron chi connectivity index (χ2n) is 7.14. The predicted molar refractivity (Wildman–Crippen MR) is 103 cm³/mol. The summed E-state index contributed by atoms with van der Waals surface area (Å²) < 4.78 is 1.85.